The van der Waals surface area contributed by atoms with Crippen molar-refractivity contribution in [2.75, 3.05) is 19.0 Å². The quantitative estimate of drug-likeness (QED) is 0.693. The molecule has 0 saturated heterocycles. The summed E-state index contributed by atoms with van der Waals surface area (Å²) in [6.07, 6.45) is -0.971. The maximum atomic E-state index is 12.4. The van der Waals surface area contributed by atoms with Crippen LogP contribution in [0.3, 0.4) is 0 Å². The van der Waals surface area contributed by atoms with Crippen LogP contribution in [0, 0.1) is 6.92 Å². The highest BCUT2D eigenvalue weighted by Gasteiger charge is 2.20. The lowest BCUT2D eigenvalue weighted by Gasteiger charge is -2.17. The normalized spacial score (nSPS) is 11.6. The zero-order chi connectivity index (χ0) is 20.7. The van der Waals surface area contributed by atoms with Crippen molar-refractivity contribution in [2.45, 2.75) is 39.7 Å². The number of ether oxygens (including phenoxy) is 3. The summed E-state index contributed by atoms with van der Waals surface area (Å²) < 4.78 is 16.0. The van der Waals surface area contributed by atoms with Gasteiger partial charge in [-0.15, -0.1) is 0 Å². The Hall–Kier alpha value is -3.02. The van der Waals surface area contributed by atoms with Crippen molar-refractivity contribution in [2.24, 2.45) is 0 Å². The number of carbonyl (C=O) groups is 2. The van der Waals surface area contributed by atoms with Crippen LogP contribution in [0.25, 0.3) is 0 Å². The van der Waals surface area contributed by atoms with E-state index in [4.69, 9.17) is 14.2 Å². The van der Waals surface area contributed by atoms with Gasteiger partial charge >= 0.3 is 5.97 Å². The number of amides is 1. The van der Waals surface area contributed by atoms with Gasteiger partial charge in [0.1, 0.15) is 11.5 Å². The molecule has 0 bridgehead atoms. The van der Waals surface area contributed by atoms with E-state index in [9.17, 15) is 9.59 Å². The van der Waals surface area contributed by atoms with E-state index in [-0.39, 0.29) is 12.5 Å². The maximum Gasteiger partial charge on any atom is 0.344 e. The lowest BCUT2D eigenvalue weighted by Crippen LogP contribution is -2.31. The third-order valence-corrected chi connectivity index (χ3v) is 4.18. The lowest BCUT2D eigenvalue weighted by atomic mass is 10.0. The Labute approximate surface area is 165 Å². The van der Waals surface area contributed by atoms with Crippen LogP contribution in [0.5, 0.6) is 11.5 Å². The second-order valence-corrected chi connectivity index (χ2v) is 6.81. The molecule has 6 nitrogen and oxygen atoms in total. The third-order valence-electron chi connectivity index (χ3n) is 4.18. The van der Waals surface area contributed by atoms with E-state index in [1.165, 1.54) is 14.0 Å². The summed E-state index contributed by atoms with van der Waals surface area (Å²) in [7, 11) is 1.52. The topological polar surface area (TPSA) is 73.9 Å². The molecule has 0 radical (unpaired) electrons. The summed E-state index contributed by atoms with van der Waals surface area (Å²) in [5.41, 5.74) is 2.50. The summed E-state index contributed by atoms with van der Waals surface area (Å²) in [6, 6.07) is 13.0. The predicted octanol–water partition coefficient (Wildman–Crippen LogP) is 4.08. The van der Waals surface area contributed by atoms with E-state index in [0.717, 1.165) is 11.1 Å². The SMILES string of the molecule is COc1ccc(C)cc1NC(=O)[C@@H](C)OC(=O)COc1ccccc1C(C)C. The fourth-order valence-corrected chi connectivity index (χ4v) is 2.66. The van der Waals surface area contributed by atoms with E-state index in [1.807, 2.05) is 51.1 Å². The summed E-state index contributed by atoms with van der Waals surface area (Å²) in [6.45, 7) is 7.25. The molecule has 150 valence electrons. The van der Waals surface area contributed by atoms with Gasteiger partial charge in [-0.05, 0) is 49.1 Å². The number of aryl methyl sites for hydroxylation is 1. The molecule has 0 fully saturated rings. The minimum atomic E-state index is -0.971. The molecule has 6 heteroatoms. The molecular formula is C22H27NO5. The monoisotopic (exact) mass is 385 g/mol. The first-order valence-electron chi connectivity index (χ1n) is 9.18. The Bertz CT molecular complexity index is 831. The molecule has 2 rings (SSSR count). The number of benzene rings is 2. The summed E-state index contributed by atoms with van der Waals surface area (Å²) >= 11 is 0. The van der Waals surface area contributed by atoms with Crippen LogP contribution < -0.4 is 14.8 Å². The van der Waals surface area contributed by atoms with Crippen molar-refractivity contribution in [3.63, 3.8) is 0 Å². The van der Waals surface area contributed by atoms with E-state index in [1.54, 1.807) is 12.1 Å². The van der Waals surface area contributed by atoms with Crippen molar-refractivity contribution < 1.29 is 23.8 Å². The van der Waals surface area contributed by atoms with Crippen LogP contribution in [-0.2, 0) is 14.3 Å². The molecule has 0 unspecified atom stereocenters. The molecule has 0 aliphatic carbocycles. The number of esters is 1. The van der Waals surface area contributed by atoms with E-state index < -0.39 is 18.0 Å². The summed E-state index contributed by atoms with van der Waals surface area (Å²) in [5, 5.41) is 2.72. The van der Waals surface area contributed by atoms with Crippen molar-refractivity contribution in [3.05, 3.63) is 53.6 Å². The first kappa shape index (κ1) is 21.3. The largest absolute Gasteiger partial charge is 0.495 e. The van der Waals surface area contributed by atoms with Crippen LogP contribution in [0.4, 0.5) is 5.69 Å². The standard InChI is InChI=1S/C22H27NO5/c1-14(2)17-8-6-7-9-19(17)27-13-21(24)28-16(4)22(25)23-18-12-15(3)10-11-20(18)26-5/h6-12,14,16H,13H2,1-5H3,(H,23,25)/t16-/m1/s1. The van der Waals surface area contributed by atoms with Crippen LogP contribution >= 0.6 is 0 Å². The highest BCUT2D eigenvalue weighted by Crippen LogP contribution is 2.26. The number of anilines is 1. The Morgan fingerprint density at radius 2 is 1.75 bits per heavy atom. The van der Waals surface area contributed by atoms with Gasteiger partial charge in [0.05, 0.1) is 12.8 Å². The lowest BCUT2D eigenvalue weighted by molar-refractivity contribution is -0.155. The van der Waals surface area contributed by atoms with Crippen LogP contribution in [0.15, 0.2) is 42.5 Å². The average molecular weight is 385 g/mol. The number of carbonyl (C=O) groups excluding carboxylic acids is 2. The Morgan fingerprint density at radius 3 is 2.43 bits per heavy atom. The number of methoxy groups -OCH3 is 1. The highest BCUT2D eigenvalue weighted by molar-refractivity contribution is 5.96. The van der Waals surface area contributed by atoms with Crippen LogP contribution in [-0.4, -0.2) is 31.7 Å². The van der Waals surface area contributed by atoms with Crippen molar-refractivity contribution in [3.8, 4) is 11.5 Å². The summed E-state index contributed by atoms with van der Waals surface area (Å²) in [4.78, 5) is 24.5. The van der Waals surface area contributed by atoms with Gasteiger partial charge in [-0.1, -0.05) is 38.1 Å². The van der Waals surface area contributed by atoms with E-state index in [2.05, 4.69) is 5.32 Å². The number of nitrogens with one attached hydrogen (secondary N) is 1. The van der Waals surface area contributed by atoms with Gasteiger partial charge in [-0.2, -0.15) is 0 Å². The number of hydrogen-bond donors (Lipinski definition) is 1. The fourth-order valence-electron chi connectivity index (χ4n) is 2.66. The Kier molecular flexibility index (Phi) is 7.44. The second-order valence-electron chi connectivity index (χ2n) is 6.81. The first-order chi connectivity index (χ1) is 13.3. The first-order valence-corrected chi connectivity index (χ1v) is 9.18. The van der Waals surface area contributed by atoms with Crippen molar-refractivity contribution >= 4 is 17.6 Å². The van der Waals surface area contributed by atoms with Gasteiger partial charge in [0.25, 0.3) is 5.91 Å². The number of rotatable bonds is 8. The minimum Gasteiger partial charge on any atom is -0.495 e. The number of para-hydroxylation sites is 1. The summed E-state index contributed by atoms with van der Waals surface area (Å²) in [5.74, 6) is 0.376. The smallest absolute Gasteiger partial charge is 0.344 e. The Morgan fingerprint density at radius 1 is 1.04 bits per heavy atom. The molecule has 0 heterocycles. The Balaban J connectivity index is 1.92. The molecule has 1 N–H and O–H groups in total. The second kappa shape index (κ2) is 9.78. The third kappa shape index (κ3) is 5.74. The molecule has 2 aromatic rings. The molecule has 0 aliphatic heterocycles. The zero-order valence-corrected chi connectivity index (χ0v) is 16.9. The molecular weight excluding hydrogens is 358 g/mol. The van der Waals surface area contributed by atoms with Gasteiger partial charge in [0, 0.05) is 0 Å². The molecule has 0 aliphatic rings. The maximum absolute atomic E-state index is 12.4. The fraction of sp³-hybridized carbons (Fsp3) is 0.364. The molecule has 2 aromatic carbocycles. The molecule has 28 heavy (non-hydrogen) atoms. The highest BCUT2D eigenvalue weighted by atomic mass is 16.6. The average Bonchev–Trinajstić information content (AvgIpc) is 2.66. The van der Waals surface area contributed by atoms with E-state index >= 15 is 0 Å². The minimum absolute atomic E-state index is 0.265. The van der Waals surface area contributed by atoms with Gasteiger partial charge < -0.3 is 19.5 Å². The van der Waals surface area contributed by atoms with Crippen molar-refractivity contribution in [1.29, 1.82) is 0 Å². The number of hydrogen-bond acceptors (Lipinski definition) is 5. The van der Waals surface area contributed by atoms with Gasteiger partial charge in [0.15, 0.2) is 12.7 Å². The van der Waals surface area contributed by atoms with Gasteiger partial charge in [-0.3, -0.25) is 4.79 Å². The van der Waals surface area contributed by atoms with Crippen LogP contribution in [0.1, 0.15) is 37.8 Å². The molecule has 1 atom stereocenters. The predicted molar refractivity (Wildman–Crippen MR) is 108 cm³/mol. The van der Waals surface area contributed by atoms with E-state index in [0.29, 0.717) is 17.2 Å². The molecule has 0 saturated carbocycles. The molecule has 0 aromatic heterocycles. The molecule has 1 amide bonds. The van der Waals surface area contributed by atoms with Gasteiger partial charge in [-0.25, -0.2) is 4.79 Å². The van der Waals surface area contributed by atoms with Crippen molar-refractivity contribution in [1.82, 2.24) is 0 Å². The van der Waals surface area contributed by atoms with Crippen LogP contribution in [0.2, 0.25) is 0 Å². The van der Waals surface area contributed by atoms with Gasteiger partial charge in [0.2, 0.25) is 0 Å². The zero-order valence-electron chi connectivity index (χ0n) is 16.9. The molecule has 0 spiro atoms.